The molecule has 1 N–H and O–H groups in total. The second-order valence-corrected chi connectivity index (χ2v) is 5.95. The van der Waals surface area contributed by atoms with Gasteiger partial charge in [0.2, 0.25) is 0 Å². The van der Waals surface area contributed by atoms with Crippen LogP contribution in [-0.4, -0.2) is 35.0 Å². The van der Waals surface area contributed by atoms with E-state index < -0.39 is 23.6 Å². The van der Waals surface area contributed by atoms with Gasteiger partial charge in [0.15, 0.2) is 0 Å². The van der Waals surface area contributed by atoms with Gasteiger partial charge in [-0.25, -0.2) is 0 Å². The fraction of sp³-hybridized carbons (Fsp3) is 0.467. The number of carboxylic acid groups (broad SMARTS) is 1. The second-order valence-electron chi connectivity index (χ2n) is 5.52. The van der Waals surface area contributed by atoms with Crippen LogP contribution in [0.1, 0.15) is 36.2 Å². The second kappa shape index (κ2) is 7.68. The molecule has 1 amide bonds. The molecule has 0 saturated heterocycles. The van der Waals surface area contributed by atoms with Gasteiger partial charge >= 0.3 is 12.1 Å². The monoisotopic (exact) mass is 351 g/mol. The van der Waals surface area contributed by atoms with Gasteiger partial charge in [-0.05, 0) is 24.1 Å². The summed E-state index contributed by atoms with van der Waals surface area (Å²) in [6.45, 7) is 3.79. The number of hydrogen-bond acceptors (Lipinski definition) is 2. The zero-order valence-corrected chi connectivity index (χ0v) is 13.4. The molecule has 1 aromatic rings. The van der Waals surface area contributed by atoms with E-state index >= 15 is 0 Å². The van der Waals surface area contributed by atoms with Crippen molar-refractivity contribution in [3.05, 3.63) is 34.3 Å². The molecule has 0 aliphatic heterocycles. The molecule has 128 valence electrons. The van der Waals surface area contributed by atoms with Crippen molar-refractivity contribution >= 4 is 23.5 Å². The Morgan fingerprint density at radius 2 is 1.87 bits per heavy atom. The van der Waals surface area contributed by atoms with Crippen LogP contribution in [0, 0.1) is 5.92 Å². The summed E-state index contributed by atoms with van der Waals surface area (Å²) < 4.78 is 38.4. The molecule has 8 heteroatoms. The Balaban J connectivity index is 3.11. The number of hydrogen-bond donors (Lipinski definition) is 1. The SMILES string of the molecule is CC(C)CN(CCC(=O)O)C(=O)c1cc(Cl)cc(C(F)(F)F)c1. The molecule has 1 rings (SSSR count). The molecule has 23 heavy (non-hydrogen) atoms. The molecular weight excluding hydrogens is 335 g/mol. The van der Waals surface area contributed by atoms with E-state index in [9.17, 15) is 22.8 Å². The van der Waals surface area contributed by atoms with E-state index in [0.29, 0.717) is 0 Å². The number of alkyl halides is 3. The maximum atomic E-state index is 12.8. The maximum absolute atomic E-state index is 12.8. The van der Waals surface area contributed by atoms with E-state index in [2.05, 4.69) is 0 Å². The number of amides is 1. The Kier molecular flexibility index (Phi) is 6.44. The van der Waals surface area contributed by atoms with Gasteiger partial charge in [0.05, 0.1) is 12.0 Å². The molecule has 4 nitrogen and oxygen atoms in total. The zero-order valence-electron chi connectivity index (χ0n) is 12.7. The minimum absolute atomic E-state index is 0.0361. The molecule has 0 unspecified atom stereocenters. The first-order valence-corrected chi connectivity index (χ1v) is 7.27. The van der Waals surface area contributed by atoms with Crippen molar-refractivity contribution in [2.24, 2.45) is 5.92 Å². The summed E-state index contributed by atoms with van der Waals surface area (Å²) >= 11 is 5.67. The minimum Gasteiger partial charge on any atom is -0.481 e. The van der Waals surface area contributed by atoms with E-state index in [0.717, 1.165) is 18.2 Å². The lowest BCUT2D eigenvalue weighted by Crippen LogP contribution is -2.36. The van der Waals surface area contributed by atoms with Gasteiger partial charge in [0.1, 0.15) is 0 Å². The molecule has 0 radical (unpaired) electrons. The normalized spacial score (nSPS) is 11.6. The van der Waals surface area contributed by atoms with Crippen LogP contribution in [0.4, 0.5) is 13.2 Å². The zero-order chi connectivity index (χ0) is 17.8. The van der Waals surface area contributed by atoms with Gasteiger partial charge in [0, 0.05) is 23.7 Å². The Hall–Kier alpha value is -1.76. The fourth-order valence-corrected chi connectivity index (χ4v) is 2.24. The number of aliphatic carboxylic acids is 1. The third-order valence-electron chi connectivity index (χ3n) is 2.94. The number of halogens is 4. The molecule has 0 spiro atoms. The lowest BCUT2D eigenvalue weighted by atomic mass is 10.1. The number of carbonyl (C=O) groups excluding carboxylic acids is 1. The number of nitrogens with zero attached hydrogens (tertiary/aromatic N) is 1. The van der Waals surface area contributed by atoms with Crippen LogP contribution in [0.2, 0.25) is 5.02 Å². The van der Waals surface area contributed by atoms with E-state index in [1.54, 1.807) is 0 Å². The maximum Gasteiger partial charge on any atom is 0.416 e. The standard InChI is InChI=1S/C15H17ClF3NO3/c1-9(2)8-20(4-3-13(21)22)14(23)10-5-11(15(17,18)19)7-12(16)6-10/h5-7,9H,3-4,8H2,1-2H3,(H,21,22). The molecule has 1 aromatic carbocycles. The lowest BCUT2D eigenvalue weighted by molar-refractivity contribution is -0.138. The predicted octanol–water partition coefficient (Wildman–Crippen LogP) is 3.93. The van der Waals surface area contributed by atoms with E-state index in [1.807, 2.05) is 13.8 Å². The average Bonchev–Trinajstić information content (AvgIpc) is 2.40. The predicted molar refractivity (Wildman–Crippen MR) is 79.4 cm³/mol. The van der Waals surface area contributed by atoms with Crippen LogP contribution in [0.15, 0.2) is 18.2 Å². The number of carbonyl (C=O) groups is 2. The summed E-state index contributed by atoms with van der Waals surface area (Å²) in [4.78, 5) is 24.3. The van der Waals surface area contributed by atoms with Crippen molar-refractivity contribution in [2.75, 3.05) is 13.1 Å². The third kappa shape index (κ3) is 6.09. The fourth-order valence-electron chi connectivity index (χ4n) is 2.01. The van der Waals surface area contributed by atoms with Gasteiger partial charge in [-0.2, -0.15) is 13.2 Å². The highest BCUT2D eigenvalue weighted by molar-refractivity contribution is 6.31. The van der Waals surface area contributed by atoms with Gasteiger partial charge in [-0.1, -0.05) is 25.4 Å². The van der Waals surface area contributed by atoms with Crippen molar-refractivity contribution < 1.29 is 27.9 Å². The van der Waals surface area contributed by atoms with Crippen LogP contribution in [0.5, 0.6) is 0 Å². The quantitative estimate of drug-likeness (QED) is 0.844. The van der Waals surface area contributed by atoms with Crippen molar-refractivity contribution in [3.8, 4) is 0 Å². The molecule has 0 saturated carbocycles. The molecule has 0 heterocycles. The Morgan fingerprint density at radius 1 is 1.26 bits per heavy atom. The lowest BCUT2D eigenvalue weighted by Gasteiger charge is -2.24. The molecule has 0 aliphatic carbocycles. The van der Waals surface area contributed by atoms with Gasteiger partial charge < -0.3 is 10.0 Å². The summed E-state index contributed by atoms with van der Waals surface area (Å²) in [7, 11) is 0. The first-order valence-electron chi connectivity index (χ1n) is 6.89. The van der Waals surface area contributed by atoms with Crippen molar-refractivity contribution in [1.29, 1.82) is 0 Å². The van der Waals surface area contributed by atoms with Crippen LogP contribution in [-0.2, 0) is 11.0 Å². The van der Waals surface area contributed by atoms with Gasteiger partial charge in [-0.15, -0.1) is 0 Å². The molecule has 0 aromatic heterocycles. The third-order valence-corrected chi connectivity index (χ3v) is 3.16. The van der Waals surface area contributed by atoms with Crippen molar-refractivity contribution in [2.45, 2.75) is 26.4 Å². The summed E-state index contributed by atoms with van der Waals surface area (Å²) in [5.41, 5.74) is -1.23. The average molecular weight is 352 g/mol. The smallest absolute Gasteiger partial charge is 0.416 e. The molecule has 0 aliphatic rings. The highest BCUT2D eigenvalue weighted by Gasteiger charge is 2.32. The number of benzene rings is 1. The van der Waals surface area contributed by atoms with Crippen LogP contribution >= 0.6 is 11.6 Å². The van der Waals surface area contributed by atoms with Crippen LogP contribution in [0.3, 0.4) is 0 Å². The summed E-state index contributed by atoms with van der Waals surface area (Å²) in [6.07, 6.45) is -4.91. The highest BCUT2D eigenvalue weighted by Crippen LogP contribution is 2.32. The van der Waals surface area contributed by atoms with Crippen molar-refractivity contribution in [3.63, 3.8) is 0 Å². The molecule has 0 bridgehead atoms. The first-order chi connectivity index (χ1) is 10.5. The van der Waals surface area contributed by atoms with Crippen LogP contribution < -0.4 is 0 Å². The molecule has 0 atom stereocenters. The highest BCUT2D eigenvalue weighted by atomic mass is 35.5. The van der Waals surface area contributed by atoms with Crippen molar-refractivity contribution in [1.82, 2.24) is 4.90 Å². The topological polar surface area (TPSA) is 57.6 Å². The minimum atomic E-state index is -4.62. The number of carboxylic acids is 1. The molecule has 0 fully saturated rings. The number of rotatable bonds is 6. The van der Waals surface area contributed by atoms with Gasteiger partial charge in [0.25, 0.3) is 5.91 Å². The Labute approximate surface area is 136 Å². The largest absolute Gasteiger partial charge is 0.481 e. The Bertz CT molecular complexity index is 588. The van der Waals surface area contributed by atoms with E-state index in [1.165, 1.54) is 4.90 Å². The van der Waals surface area contributed by atoms with Gasteiger partial charge in [-0.3, -0.25) is 9.59 Å². The summed E-state index contributed by atoms with van der Waals surface area (Å²) in [5.74, 6) is -1.73. The summed E-state index contributed by atoms with van der Waals surface area (Å²) in [6, 6.07) is 2.61. The summed E-state index contributed by atoms with van der Waals surface area (Å²) in [5, 5.41) is 8.53. The van der Waals surface area contributed by atoms with Crippen LogP contribution in [0.25, 0.3) is 0 Å². The van der Waals surface area contributed by atoms with E-state index in [-0.39, 0.29) is 36.0 Å². The molecular formula is C15H17ClF3NO3. The first kappa shape index (κ1) is 19.3. The van der Waals surface area contributed by atoms with E-state index in [4.69, 9.17) is 16.7 Å². The Morgan fingerprint density at radius 3 is 2.35 bits per heavy atom.